The molecule has 0 aliphatic rings. The summed E-state index contributed by atoms with van der Waals surface area (Å²) < 4.78 is 33.8. The zero-order valence-corrected chi connectivity index (χ0v) is 37.0. The Kier molecular flexibility index (Phi) is 36.6. The predicted molar refractivity (Wildman–Crippen MR) is 227 cm³/mol. The molecule has 0 amide bonds. The van der Waals surface area contributed by atoms with Crippen molar-refractivity contribution in [3.63, 3.8) is 0 Å². The molecule has 0 aromatic rings. The van der Waals surface area contributed by atoms with Crippen LogP contribution in [0.25, 0.3) is 0 Å². The minimum Gasteiger partial charge on any atom is -0.756 e. The van der Waals surface area contributed by atoms with Crippen LogP contribution in [0.5, 0.6) is 0 Å². The summed E-state index contributed by atoms with van der Waals surface area (Å²) in [6.45, 7) is 4.15. The Labute approximate surface area is 338 Å². The van der Waals surface area contributed by atoms with E-state index < -0.39 is 32.5 Å². The second-order valence-electron chi connectivity index (χ2n) is 16.1. The molecule has 0 spiro atoms. The van der Waals surface area contributed by atoms with Crippen LogP contribution in [0.15, 0.2) is 36.5 Å². The monoisotopic (exact) mass is 798 g/mol. The molecular formula is C45H84NO8P. The number of rotatable bonds is 40. The van der Waals surface area contributed by atoms with E-state index in [1.165, 1.54) is 116 Å². The van der Waals surface area contributed by atoms with Crippen molar-refractivity contribution in [1.29, 1.82) is 0 Å². The zero-order valence-electron chi connectivity index (χ0n) is 36.1. The van der Waals surface area contributed by atoms with Crippen molar-refractivity contribution in [3.8, 4) is 0 Å². The van der Waals surface area contributed by atoms with Crippen LogP contribution in [-0.4, -0.2) is 70.0 Å². The van der Waals surface area contributed by atoms with Gasteiger partial charge in [-0.05, 0) is 38.5 Å². The largest absolute Gasteiger partial charge is 0.756 e. The Balaban J connectivity index is 4.45. The summed E-state index contributed by atoms with van der Waals surface area (Å²) in [6, 6.07) is 0. The first-order chi connectivity index (χ1) is 26.5. The Morgan fingerprint density at radius 2 is 1.02 bits per heavy atom. The van der Waals surface area contributed by atoms with Crippen LogP contribution in [0, 0.1) is 0 Å². The van der Waals surface area contributed by atoms with Crippen LogP contribution >= 0.6 is 7.82 Å². The highest BCUT2D eigenvalue weighted by Gasteiger charge is 2.21. The Bertz CT molecular complexity index is 1040. The summed E-state index contributed by atoms with van der Waals surface area (Å²) in [6.07, 6.45) is 41.9. The molecule has 9 nitrogen and oxygen atoms in total. The van der Waals surface area contributed by atoms with E-state index in [9.17, 15) is 19.0 Å². The number of unbranched alkanes of at least 4 members (excludes halogenated alkanes) is 20. The molecule has 0 heterocycles. The number of phosphoric acid groups is 1. The van der Waals surface area contributed by atoms with E-state index in [1.807, 2.05) is 33.3 Å². The zero-order chi connectivity index (χ0) is 40.7. The van der Waals surface area contributed by atoms with Crippen molar-refractivity contribution in [2.75, 3.05) is 47.5 Å². The summed E-state index contributed by atoms with van der Waals surface area (Å²) in [5.41, 5.74) is 0. The fourth-order valence-electron chi connectivity index (χ4n) is 5.92. The second kappa shape index (κ2) is 37.8. The topological polar surface area (TPSA) is 111 Å². The van der Waals surface area contributed by atoms with Crippen molar-refractivity contribution in [2.45, 2.75) is 193 Å². The Morgan fingerprint density at radius 1 is 0.564 bits per heavy atom. The van der Waals surface area contributed by atoms with Gasteiger partial charge in [0.25, 0.3) is 7.82 Å². The third-order valence-corrected chi connectivity index (χ3v) is 10.4. The van der Waals surface area contributed by atoms with E-state index in [4.69, 9.17) is 18.5 Å². The molecule has 0 aromatic carbocycles. The maximum atomic E-state index is 12.6. The number of phosphoric ester groups is 1. The molecule has 322 valence electrons. The smallest absolute Gasteiger partial charge is 0.306 e. The highest BCUT2D eigenvalue weighted by Crippen LogP contribution is 2.38. The highest BCUT2D eigenvalue weighted by atomic mass is 31.2. The Morgan fingerprint density at radius 3 is 1.53 bits per heavy atom. The van der Waals surface area contributed by atoms with Gasteiger partial charge < -0.3 is 27.9 Å². The number of nitrogens with zero attached hydrogens (tertiary/aromatic N) is 1. The first kappa shape index (κ1) is 53.2. The highest BCUT2D eigenvalue weighted by molar-refractivity contribution is 7.45. The number of esters is 2. The van der Waals surface area contributed by atoms with Crippen molar-refractivity contribution in [1.82, 2.24) is 0 Å². The van der Waals surface area contributed by atoms with Crippen LogP contribution in [0.2, 0.25) is 0 Å². The van der Waals surface area contributed by atoms with Gasteiger partial charge in [-0.3, -0.25) is 14.2 Å². The van der Waals surface area contributed by atoms with E-state index >= 15 is 0 Å². The normalized spacial score (nSPS) is 13.9. The Hall–Kier alpha value is -1.77. The number of likely N-dealkylation sites (N-methyl/N-ethyl adjacent to an activating group) is 1. The van der Waals surface area contributed by atoms with Gasteiger partial charge in [0.1, 0.15) is 19.8 Å². The van der Waals surface area contributed by atoms with Crippen molar-refractivity contribution < 1.29 is 42.1 Å². The van der Waals surface area contributed by atoms with E-state index in [0.717, 1.165) is 38.5 Å². The minimum atomic E-state index is -4.64. The number of quaternary nitrogens is 1. The van der Waals surface area contributed by atoms with Gasteiger partial charge in [0.2, 0.25) is 0 Å². The fraction of sp³-hybridized carbons (Fsp3) is 0.822. The number of allylic oxidation sites excluding steroid dienone is 6. The van der Waals surface area contributed by atoms with E-state index in [1.54, 1.807) is 0 Å². The number of carbonyl (C=O) groups excluding carboxylic acids is 2. The van der Waals surface area contributed by atoms with Crippen LogP contribution < -0.4 is 4.89 Å². The molecule has 0 fully saturated rings. The lowest BCUT2D eigenvalue weighted by Gasteiger charge is -2.28. The van der Waals surface area contributed by atoms with Crippen molar-refractivity contribution in [3.05, 3.63) is 36.5 Å². The summed E-state index contributed by atoms with van der Waals surface area (Å²) in [4.78, 5) is 37.5. The molecule has 0 aromatic heterocycles. The van der Waals surface area contributed by atoms with Gasteiger partial charge in [-0.15, -0.1) is 0 Å². The molecule has 10 heteroatoms. The number of carbonyl (C=O) groups is 2. The lowest BCUT2D eigenvalue weighted by molar-refractivity contribution is -0.870. The summed E-state index contributed by atoms with van der Waals surface area (Å²) in [7, 11) is 1.13. The molecule has 2 atom stereocenters. The molecule has 0 rings (SSSR count). The van der Waals surface area contributed by atoms with E-state index in [2.05, 4.69) is 38.2 Å². The summed E-state index contributed by atoms with van der Waals surface area (Å²) >= 11 is 0. The number of hydrogen-bond donors (Lipinski definition) is 0. The molecule has 0 aliphatic heterocycles. The van der Waals surface area contributed by atoms with Gasteiger partial charge in [0, 0.05) is 12.8 Å². The fourth-order valence-corrected chi connectivity index (χ4v) is 6.65. The maximum absolute atomic E-state index is 12.6. The molecule has 0 radical (unpaired) electrons. The molecule has 0 N–H and O–H groups in total. The van der Waals surface area contributed by atoms with Gasteiger partial charge in [0.05, 0.1) is 27.7 Å². The maximum Gasteiger partial charge on any atom is 0.306 e. The molecular weight excluding hydrogens is 713 g/mol. The molecule has 0 saturated carbocycles. The van der Waals surface area contributed by atoms with Crippen LogP contribution in [0.4, 0.5) is 0 Å². The molecule has 2 unspecified atom stereocenters. The summed E-state index contributed by atoms with van der Waals surface area (Å²) in [5.74, 6) is -0.918. The standard InChI is InChI=1S/C45H84NO8P/c1-6-8-10-12-14-16-18-20-22-23-24-26-28-30-32-34-36-38-45(48)54-43(42-53-55(49,50)52-40-39-46(3,4)5)41-51-44(47)37-35-33-31-29-27-25-21-19-17-15-13-11-9-7-2/h22-23,26,28,32,34,43H,6-21,24-25,27,29-31,33,35-42H2,1-5H3/b23-22-,28-26-,34-32-. The van der Waals surface area contributed by atoms with Crippen LogP contribution in [0.3, 0.4) is 0 Å². The second-order valence-corrected chi connectivity index (χ2v) is 17.5. The summed E-state index contributed by atoms with van der Waals surface area (Å²) in [5, 5.41) is 0. The molecule has 0 aliphatic carbocycles. The number of ether oxygens (including phenoxy) is 2. The van der Waals surface area contributed by atoms with E-state index in [0.29, 0.717) is 17.4 Å². The van der Waals surface area contributed by atoms with Crippen LogP contribution in [-0.2, 0) is 32.7 Å². The predicted octanol–water partition coefficient (Wildman–Crippen LogP) is 11.9. The molecule has 0 bridgehead atoms. The first-order valence-corrected chi connectivity index (χ1v) is 23.7. The lowest BCUT2D eigenvalue weighted by atomic mass is 10.0. The lowest BCUT2D eigenvalue weighted by Crippen LogP contribution is -2.37. The average molecular weight is 798 g/mol. The van der Waals surface area contributed by atoms with Gasteiger partial charge in [0.15, 0.2) is 6.10 Å². The minimum absolute atomic E-state index is 0.0412. The van der Waals surface area contributed by atoms with Gasteiger partial charge >= 0.3 is 11.9 Å². The third-order valence-electron chi connectivity index (χ3n) is 9.43. The van der Waals surface area contributed by atoms with E-state index in [-0.39, 0.29) is 26.1 Å². The SMILES string of the molecule is CCCCCCCCC/C=C\C/C=C\C/C=C\CCC(=O)OC(COC(=O)CCCCCCCCCCCCCCCC)COP(=O)([O-])OCC[N+](C)(C)C. The van der Waals surface area contributed by atoms with Crippen molar-refractivity contribution in [2.24, 2.45) is 0 Å². The van der Waals surface area contributed by atoms with Gasteiger partial charge in [-0.1, -0.05) is 172 Å². The average Bonchev–Trinajstić information content (AvgIpc) is 3.13. The quantitative estimate of drug-likeness (QED) is 0.0198. The third kappa shape index (κ3) is 41.7. The van der Waals surface area contributed by atoms with Crippen LogP contribution in [0.1, 0.15) is 187 Å². The van der Waals surface area contributed by atoms with Crippen molar-refractivity contribution >= 4 is 19.8 Å². The molecule has 0 saturated heterocycles. The van der Waals surface area contributed by atoms with Gasteiger partial charge in [-0.2, -0.15) is 0 Å². The number of hydrogen-bond acceptors (Lipinski definition) is 8. The first-order valence-electron chi connectivity index (χ1n) is 22.2. The molecule has 55 heavy (non-hydrogen) atoms. The van der Waals surface area contributed by atoms with Gasteiger partial charge in [-0.25, -0.2) is 0 Å².